The van der Waals surface area contributed by atoms with E-state index in [1.54, 1.807) is 7.05 Å². The standard InChI is InChI=1S/C10H17ClN4O2S/c1-7-3-8(4-12)6-15(7)18(16,17)10-9(11)5-13-14(10)2/h5,7-8H,3-4,6,12H2,1-2H3. The molecule has 1 fully saturated rings. The SMILES string of the molecule is CC1CC(CN)CN1S(=O)(=O)c1c(Cl)cnn1C. The van der Waals surface area contributed by atoms with E-state index in [2.05, 4.69) is 5.10 Å². The minimum Gasteiger partial charge on any atom is -0.330 e. The van der Waals surface area contributed by atoms with Crippen molar-refractivity contribution in [2.45, 2.75) is 24.4 Å². The van der Waals surface area contributed by atoms with Crippen molar-refractivity contribution in [1.29, 1.82) is 0 Å². The molecular weight excluding hydrogens is 276 g/mol. The first kappa shape index (κ1) is 13.8. The fourth-order valence-corrected chi connectivity index (χ4v) is 4.74. The smallest absolute Gasteiger partial charge is 0.261 e. The van der Waals surface area contributed by atoms with Crippen LogP contribution in [0.4, 0.5) is 0 Å². The van der Waals surface area contributed by atoms with Crippen molar-refractivity contribution in [2.24, 2.45) is 18.7 Å². The van der Waals surface area contributed by atoms with E-state index in [1.165, 1.54) is 15.2 Å². The molecule has 1 saturated heterocycles. The van der Waals surface area contributed by atoms with Gasteiger partial charge in [-0.1, -0.05) is 11.6 Å². The first-order valence-electron chi connectivity index (χ1n) is 5.77. The maximum absolute atomic E-state index is 12.5. The molecule has 1 aromatic heterocycles. The second-order valence-corrected chi connectivity index (χ2v) is 6.90. The van der Waals surface area contributed by atoms with E-state index >= 15 is 0 Å². The Hall–Kier alpha value is -0.630. The summed E-state index contributed by atoms with van der Waals surface area (Å²) in [4.78, 5) is 0. The van der Waals surface area contributed by atoms with Crippen LogP contribution in [-0.4, -0.2) is 41.6 Å². The van der Waals surface area contributed by atoms with Gasteiger partial charge < -0.3 is 5.73 Å². The topological polar surface area (TPSA) is 81.2 Å². The van der Waals surface area contributed by atoms with Crippen LogP contribution in [-0.2, 0) is 17.1 Å². The molecule has 2 rings (SSSR count). The van der Waals surface area contributed by atoms with Crippen molar-refractivity contribution in [3.63, 3.8) is 0 Å². The van der Waals surface area contributed by atoms with E-state index in [9.17, 15) is 8.42 Å². The summed E-state index contributed by atoms with van der Waals surface area (Å²) in [7, 11) is -2.03. The molecule has 2 atom stereocenters. The number of halogens is 1. The summed E-state index contributed by atoms with van der Waals surface area (Å²) < 4.78 is 27.9. The molecule has 0 radical (unpaired) electrons. The average Bonchev–Trinajstić information content (AvgIpc) is 2.82. The lowest BCUT2D eigenvalue weighted by Crippen LogP contribution is -2.35. The molecule has 1 aliphatic heterocycles. The Bertz CT molecular complexity index is 523. The van der Waals surface area contributed by atoms with Gasteiger partial charge in [-0.15, -0.1) is 0 Å². The quantitative estimate of drug-likeness (QED) is 0.876. The molecular formula is C10H17ClN4O2S. The van der Waals surface area contributed by atoms with Crippen molar-refractivity contribution in [3.8, 4) is 0 Å². The van der Waals surface area contributed by atoms with Crippen molar-refractivity contribution in [2.75, 3.05) is 13.1 Å². The summed E-state index contributed by atoms with van der Waals surface area (Å²) in [5, 5.41) is 4.08. The van der Waals surface area contributed by atoms with Crippen LogP contribution in [0.2, 0.25) is 5.02 Å². The first-order chi connectivity index (χ1) is 8.37. The summed E-state index contributed by atoms with van der Waals surface area (Å²) in [6.45, 7) is 2.83. The van der Waals surface area contributed by atoms with Gasteiger partial charge in [-0.2, -0.15) is 9.40 Å². The number of sulfonamides is 1. The number of rotatable bonds is 3. The van der Waals surface area contributed by atoms with Gasteiger partial charge in [0.05, 0.1) is 11.2 Å². The Morgan fingerprint density at radius 1 is 1.61 bits per heavy atom. The van der Waals surface area contributed by atoms with Gasteiger partial charge in [0.2, 0.25) is 0 Å². The second kappa shape index (κ2) is 4.80. The Kier molecular flexibility index (Phi) is 3.68. The molecule has 0 aliphatic carbocycles. The largest absolute Gasteiger partial charge is 0.330 e. The van der Waals surface area contributed by atoms with Crippen LogP contribution in [0.15, 0.2) is 11.2 Å². The fourth-order valence-electron chi connectivity index (χ4n) is 2.42. The highest BCUT2D eigenvalue weighted by molar-refractivity contribution is 7.89. The summed E-state index contributed by atoms with van der Waals surface area (Å²) >= 11 is 5.91. The van der Waals surface area contributed by atoms with Crippen molar-refractivity contribution in [3.05, 3.63) is 11.2 Å². The third-order valence-corrected chi connectivity index (χ3v) is 5.82. The van der Waals surface area contributed by atoms with Crippen LogP contribution in [0.3, 0.4) is 0 Å². The Labute approximate surface area is 112 Å². The Morgan fingerprint density at radius 2 is 2.28 bits per heavy atom. The predicted octanol–water partition coefficient (Wildman–Crippen LogP) is 0.431. The summed E-state index contributed by atoms with van der Waals surface area (Å²) in [6, 6.07) is -0.0606. The molecule has 0 amide bonds. The highest BCUT2D eigenvalue weighted by Crippen LogP contribution is 2.31. The van der Waals surface area contributed by atoms with Gasteiger partial charge in [-0.3, -0.25) is 4.68 Å². The van der Waals surface area contributed by atoms with Gasteiger partial charge in [-0.05, 0) is 25.8 Å². The van der Waals surface area contributed by atoms with E-state index in [0.717, 1.165) is 6.42 Å². The zero-order valence-electron chi connectivity index (χ0n) is 10.4. The molecule has 2 unspecified atom stereocenters. The van der Waals surface area contributed by atoms with Gasteiger partial charge >= 0.3 is 0 Å². The summed E-state index contributed by atoms with van der Waals surface area (Å²) in [5.41, 5.74) is 5.61. The molecule has 0 bridgehead atoms. The highest BCUT2D eigenvalue weighted by atomic mass is 35.5. The Morgan fingerprint density at radius 3 is 2.72 bits per heavy atom. The number of nitrogens with zero attached hydrogens (tertiary/aromatic N) is 3. The molecule has 1 aliphatic rings. The van der Waals surface area contributed by atoms with E-state index in [-0.39, 0.29) is 22.0 Å². The van der Waals surface area contributed by atoms with Crippen molar-refractivity contribution < 1.29 is 8.42 Å². The van der Waals surface area contributed by atoms with Crippen LogP contribution in [0.25, 0.3) is 0 Å². The molecule has 0 saturated carbocycles. The minimum atomic E-state index is -3.60. The lowest BCUT2D eigenvalue weighted by molar-refractivity contribution is 0.399. The highest BCUT2D eigenvalue weighted by Gasteiger charge is 2.39. The molecule has 0 aromatic carbocycles. The number of hydrogen-bond acceptors (Lipinski definition) is 4. The maximum Gasteiger partial charge on any atom is 0.261 e. The summed E-state index contributed by atoms with van der Waals surface area (Å²) in [6.07, 6.45) is 2.13. The average molecular weight is 293 g/mol. The number of aryl methyl sites for hydroxylation is 1. The molecule has 0 spiro atoms. The first-order valence-corrected chi connectivity index (χ1v) is 7.59. The molecule has 102 valence electrons. The zero-order valence-corrected chi connectivity index (χ0v) is 11.9. The third kappa shape index (κ3) is 2.16. The molecule has 2 N–H and O–H groups in total. The third-order valence-electron chi connectivity index (χ3n) is 3.33. The molecule has 2 heterocycles. The van der Waals surface area contributed by atoms with Crippen LogP contribution < -0.4 is 5.73 Å². The molecule has 1 aromatic rings. The van der Waals surface area contributed by atoms with E-state index < -0.39 is 10.0 Å². The number of hydrogen-bond donors (Lipinski definition) is 1. The fraction of sp³-hybridized carbons (Fsp3) is 0.700. The summed E-state index contributed by atoms with van der Waals surface area (Å²) in [5.74, 6) is 0.210. The minimum absolute atomic E-state index is 0.0497. The maximum atomic E-state index is 12.5. The van der Waals surface area contributed by atoms with Gasteiger partial charge in [0.15, 0.2) is 5.03 Å². The Balaban J connectivity index is 2.38. The van der Waals surface area contributed by atoms with Crippen LogP contribution in [0.1, 0.15) is 13.3 Å². The monoisotopic (exact) mass is 292 g/mol. The van der Waals surface area contributed by atoms with Gasteiger partial charge in [0, 0.05) is 19.6 Å². The van der Waals surface area contributed by atoms with E-state index in [0.29, 0.717) is 13.1 Å². The van der Waals surface area contributed by atoms with Crippen LogP contribution in [0.5, 0.6) is 0 Å². The van der Waals surface area contributed by atoms with Crippen molar-refractivity contribution in [1.82, 2.24) is 14.1 Å². The van der Waals surface area contributed by atoms with Crippen LogP contribution >= 0.6 is 11.6 Å². The number of nitrogens with two attached hydrogens (primary N) is 1. The van der Waals surface area contributed by atoms with E-state index in [1.807, 2.05) is 6.92 Å². The molecule has 6 nitrogen and oxygen atoms in total. The van der Waals surface area contributed by atoms with Crippen molar-refractivity contribution >= 4 is 21.6 Å². The number of aromatic nitrogens is 2. The van der Waals surface area contributed by atoms with E-state index in [4.69, 9.17) is 17.3 Å². The molecule has 18 heavy (non-hydrogen) atoms. The predicted molar refractivity (Wildman–Crippen MR) is 68.7 cm³/mol. The van der Waals surface area contributed by atoms with Gasteiger partial charge in [0.25, 0.3) is 10.0 Å². The molecule has 8 heteroatoms. The zero-order chi connectivity index (χ0) is 13.5. The van der Waals surface area contributed by atoms with Gasteiger partial charge in [-0.25, -0.2) is 8.42 Å². The second-order valence-electron chi connectivity index (χ2n) is 4.68. The lowest BCUT2D eigenvalue weighted by atomic mass is 10.1. The normalized spacial score (nSPS) is 25.8. The van der Waals surface area contributed by atoms with Crippen LogP contribution in [0, 0.1) is 5.92 Å². The van der Waals surface area contributed by atoms with Gasteiger partial charge in [0.1, 0.15) is 0 Å². The lowest BCUT2D eigenvalue weighted by Gasteiger charge is -2.21.